The summed E-state index contributed by atoms with van der Waals surface area (Å²) in [6.07, 6.45) is 1.41. The van der Waals surface area contributed by atoms with E-state index in [0.29, 0.717) is 29.4 Å². The summed E-state index contributed by atoms with van der Waals surface area (Å²) in [7, 11) is 0. The summed E-state index contributed by atoms with van der Waals surface area (Å²) < 4.78 is 24.7. The van der Waals surface area contributed by atoms with Crippen LogP contribution < -0.4 is 19.7 Å². The summed E-state index contributed by atoms with van der Waals surface area (Å²) >= 11 is 0. The van der Waals surface area contributed by atoms with E-state index in [1.807, 2.05) is 26.8 Å². The predicted molar refractivity (Wildman–Crippen MR) is 133 cm³/mol. The van der Waals surface area contributed by atoms with Crippen LogP contribution in [0.2, 0.25) is 0 Å². The molecule has 0 bridgehead atoms. The smallest absolute Gasteiger partial charge is 0.335 e. The number of benzene rings is 3. The average Bonchev–Trinajstić information content (AvgIpc) is 2.85. The number of nitrogens with one attached hydrogen (secondary N) is 1. The Balaban J connectivity index is 1.63. The zero-order valence-corrected chi connectivity index (χ0v) is 20.1. The lowest BCUT2D eigenvalue weighted by atomic mass is 10.0. The fraction of sp³-hybridized carbons (Fsp3) is 0.179. The number of rotatable bonds is 7. The lowest BCUT2D eigenvalue weighted by Gasteiger charge is -2.28. The van der Waals surface area contributed by atoms with Crippen molar-refractivity contribution in [3.63, 3.8) is 0 Å². The Morgan fingerprint density at radius 2 is 1.69 bits per heavy atom. The van der Waals surface area contributed by atoms with E-state index in [2.05, 4.69) is 5.32 Å². The fourth-order valence-corrected chi connectivity index (χ4v) is 3.76. The third-order valence-electron chi connectivity index (χ3n) is 5.80. The maximum absolute atomic E-state index is 13.3. The molecule has 1 aliphatic rings. The van der Waals surface area contributed by atoms with Crippen LogP contribution in [0.15, 0.2) is 66.2 Å². The molecule has 0 saturated carbocycles. The highest BCUT2D eigenvalue weighted by Gasteiger charge is 2.37. The van der Waals surface area contributed by atoms with E-state index in [-0.39, 0.29) is 18.0 Å². The number of halogens is 1. The Morgan fingerprint density at radius 3 is 2.42 bits per heavy atom. The van der Waals surface area contributed by atoms with Crippen LogP contribution in [0.5, 0.6) is 11.5 Å². The molecule has 0 aliphatic carbocycles. The van der Waals surface area contributed by atoms with E-state index < -0.39 is 17.8 Å². The largest absolute Gasteiger partial charge is 0.490 e. The van der Waals surface area contributed by atoms with Crippen molar-refractivity contribution in [2.75, 3.05) is 11.5 Å². The number of nitrogens with zero attached hydrogens (tertiary/aromatic N) is 1. The Morgan fingerprint density at radius 1 is 0.944 bits per heavy atom. The molecule has 0 aromatic heterocycles. The van der Waals surface area contributed by atoms with Crippen LogP contribution >= 0.6 is 0 Å². The van der Waals surface area contributed by atoms with Gasteiger partial charge in [0.1, 0.15) is 18.0 Å². The van der Waals surface area contributed by atoms with Crippen LogP contribution in [0.25, 0.3) is 6.08 Å². The van der Waals surface area contributed by atoms with Gasteiger partial charge >= 0.3 is 6.03 Å². The Kier molecular flexibility index (Phi) is 7.15. The third-order valence-corrected chi connectivity index (χ3v) is 5.80. The SMILES string of the molecule is CCOc1cc(/C=C2\C(=O)NC(=O)N(c3cccc(C)c3C)C2=O)ccc1OCc1ccc(F)cc1. The Bertz CT molecular complexity index is 1360. The van der Waals surface area contributed by atoms with Crippen LogP contribution in [0.3, 0.4) is 0 Å². The zero-order valence-electron chi connectivity index (χ0n) is 20.1. The number of imide groups is 2. The molecule has 1 aliphatic heterocycles. The first-order chi connectivity index (χ1) is 17.3. The highest BCUT2D eigenvalue weighted by molar-refractivity contribution is 6.39. The minimum atomic E-state index is -0.796. The van der Waals surface area contributed by atoms with Gasteiger partial charge in [-0.15, -0.1) is 0 Å². The van der Waals surface area contributed by atoms with Gasteiger partial charge in [0.05, 0.1) is 12.3 Å². The van der Waals surface area contributed by atoms with Crippen molar-refractivity contribution in [3.8, 4) is 11.5 Å². The Hall–Kier alpha value is -4.46. The number of aryl methyl sites for hydroxylation is 1. The minimum Gasteiger partial charge on any atom is -0.490 e. The molecule has 1 fully saturated rings. The van der Waals surface area contributed by atoms with Gasteiger partial charge < -0.3 is 9.47 Å². The first-order valence-electron chi connectivity index (χ1n) is 11.4. The second kappa shape index (κ2) is 10.4. The number of barbiturate groups is 1. The second-order valence-corrected chi connectivity index (χ2v) is 8.23. The standard InChI is InChI=1S/C28H25FN2O5/c1-4-35-25-15-20(10-13-24(25)36-16-19-8-11-21(29)12-9-19)14-22-26(32)30-28(34)31(27(22)33)23-7-5-6-17(2)18(23)3/h5-15H,4,16H2,1-3H3,(H,30,32,34)/b22-14+. The van der Waals surface area contributed by atoms with Crippen LogP contribution in [0, 0.1) is 19.7 Å². The molecule has 4 amide bonds. The van der Waals surface area contributed by atoms with Gasteiger partial charge in [0.25, 0.3) is 11.8 Å². The number of amides is 4. The lowest BCUT2D eigenvalue weighted by Crippen LogP contribution is -2.54. The molecular formula is C28H25FN2O5. The molecule has 7 nitrogen and oxygen atoms in total. The molecule has 184 valence electrons. The van der Waals surface area contributed by atoms with E-state index >= 15 is 0 Å². The molecule has 8 heteroatoms. The summed E-state index contributed by atoms with van der Waals surface area (Å²) in [6, 6.07) is 15.5. The third kappa shape index (κ3) is 5.12. The molecule has 36 heavy (non-hydrogen) atoms. The molecule has 4 rings (SSSR count). The molecule has 0 atom stereocenters. The second-order valence-electron chi connectivity index (χ2n) is 8.23. The van der Waals surface area contributed by atoms with Crippen molar-refractivity contribution in [1.29, 1.82) is 0 Å². The predicted octanol–water partition coefficient (Wildman–Crippen LogP) is 5.09. The topological polar surface area (TPSA) is 84.9 Å². The van der Waals surface area contributed by atoms with Gasteiger partial charge in [-0.2, -0.15) is 0 Å². The van der Waals surface area contributed by atoms with Gasteiger partial charge in [0.2, 0.25) is 0 Å². The monoisotopic (exact) mass is 488 g/mol. The number of hydrogen-bond acceptors (Lipinski definition) is 5. The molecule has 1 saturated heterocycles. The van der Waals surface area contributed by atoms with Crippen LogP contribution in [-0.2, 0) is 16.2 Å². The number of carbonyl (C=O) groups is 3. The van der Waals surface area contributed by atoms with Crippen molar-refractivity contribution in [1.82, 2.24) is 5.32 Å². The number of carbonyl (C=O) groups excluding carboxylic acids is 3. The molecule has 0 unspecified atom stereocenters. The summed E-state index contributed by atoms with van der Waals surface area (Å²) in [5, 5.41) is 2.25. The first-order valence-corrected chi connectivity index (χ1v) is 11.4. The van der Waals surface area contributed by atoms with E-state index in [9.17, 15) is 18.8 Å². The highest BCUT2D eigenvalue weighted by Crippen LogP contribution is 2.31. The van der Waals surface area contributed by atoms with Crippen molar-refractivity contribution >= 4 is 29.6 Å². The maximum atomic E-state index is 13.3. The van der Waals surface area contributed by atoms with Gasteiger partial charge in [-0.25, -0.2) is 14.1 Å². The van der Waals surface area contributed by atoms with Crippen molar-refractivity contribution < 1.29 is 28.2 Å². The maximum Gasteiger partial charge on any atom is 0.335 e. The van der Waals surface area contributed by atoms with E-state index in [1.54, 1.807) is 42.5 Å². The van der Waals surface area contributed by atoms with Crippen LogP contribution in [0.4, 0.5) is 14.9 Å². The van der Waals surface area contributed by atoms with E-state index in [4.69, 9.17) is 9.47 Å². The van der Waals surface area contributed by atoms with E-state index in [0.717, 1.165) is 21.6 Å². The number of anilines is 1. The number of hydrogen-bond donors (Lipinski definition) is 1. The molecule has 0 radical (unpaired) electrons. The van der Waals surface area contributed by atoms with Crippen molar-refractivity contribution in [2.24, 2.45) is 0 Å². The normalized spacial score (nSPS) is 14.7. The van der Waals surface area contributed by atoms with Crippen molar-refractivity contribution in [2.45, 2.75) is 27.4 Å². The van der Waals surface area contributed by atoms with Gasteiger partial charge in [-0.05, 0) is 79.4 Å². The molecule has 1 heterocycles. The first kappa shape index (κ1) is 24.7. The molecule has 0 spiro atoms. The summed E-state index contributed by atoms with van der Waals surface area (Å²) in [4.78, 5) is 39.4. The minimum absolute atomic E-state index is 0.182. The highest BCUT2D eigenvalue weighted by atomic mass is 19.1. The zero-order chi connectivity index (χ0) is 25.8. The average molecular weight is 489 g/mol. The summed E-state index contributed by atoms with van der Waals surface area (Å²) in [6.45, 7) is 6.07. The van der Waals surface area contributed by atoms with Crippen LogP contribution in [-0.4, -0.2) is 24.5 Å². The fourth-order valence-electron chi connectivity index (χ4n) is 3.76. The lowest BCUT2D eigenvalue weighted by molar-refractivity contribution is -0.122. The molecular weight excluding hydrogens is 463 g/mol. The molecule has 3 aromatic carbocycles. The Labute approximate surface area is 208 Å². The van der Waals surface area contributed by atoms with Gasteiger partial charge in [-0.1, -0.05) is 30.3 Å². The van der Waals surface area contributed by atoms with E-state index in [1.165, 1.54) is 18.2 Å². The van der Waals surface area contributed by atoms with Gasteiger partial charge in [0, 0.05) is 0 Å². The van der Waals surface area contributed by atoms with Crippen LogP contribution in [0.1, 0.15) is 29.2 Å². The summed E-state index contributed by atoms with van der Waals surface area (Å²) in [5.41, 5.74) is 3.20. The van der Waals surface area contributed by atoms with Gasteiger partial charge in [-0.3, -0.25) is 14.9 Å². The summed E-state index contributed by atoms with van der Waals surface area (Å²) in [5.74, 6) is -0.950. The number of ether oxygens (including phenoxy) is 2. The van der Waals surface area contributed by atoms with Gasteiger partial charge in [0.15, 0.2) is 11.5 Å². The molecule has 3 aromatic rings. The number of urea groups is 1. The quantitative estimate of drug-likeness (QED) is 0.370. The van der Waals surface area contributed by atoms with Crippen molar-refractivity contribution in [3.05, 3.63) is 94.3 Å². The molecule has 1 N–H and O–H groups in total.